The molecule has 0 N–H and O–H groups in total. The highest BCUT2D eigenvalue weighted by Gasteiger charge is 2.18. The van der Waals surface area contributed by atoms with Gasteiger partial charge in [0.2, 0.25) is 5.16 Å². The van der Waals surface area contributed by atoms with Crippen LogP contribution >= 0.6 is 34.7 Å². The van der Waals surface area contributed by atoms with Crippen molar-refractivity contribution in [2.24, 2.45) is 0 Å². The number of thioether (sulfide) groups is 1. The van der Waals surface area contributed by atoms with Gasteiger partial charge in [-0.25, -0.2) is 4.98 Å². The number of carbonyl (C=O) groups excluding carboxylic acids is 1. The molecule has 0 amide bonds. The van der Waals surface area contributed by atoms with Gasteiger partial charge >= 0.3 is 0 Å². The van der Waals surface area contributed by atoms with Crippen molar-refractivity contribution in [2.75, 3.05) is 5.75 Å². The Morgan fingerprint density at radius 2 is 1.77 bits per heavy atom. The van der Waals surface area contributed by atoms with Gasteiger partial charge in [-0.1, -0.05) is 23.4 Å². The van der Waals surface area contributed by atoms with E-state index >= 15 is 0 Å². The van der Waals surface area contributed by atoms with Crippen LogP contribution < -0.4 is 0 Å². The molecule has 0 spiro atoms. The summed E-state index contributed by atoms with van der Waals surface area (Å²) in [5.41, 5.74) is 0.986. The maximum absolute atomic E-state index is 12.2. The summed E-state index contributed by atoms with van der Waals surface area (Å²) < 4.78 is 11.4. The molecule has 6 nitrogen and oxygen atoms in total. The molecule has 9 heteroatoms. The molecule has 4 rings (SSSR count). The number of rotatable bonds is 6. The molecule has 26 heavy (non-hydrogen) atoms. The first-order chi connectivity index (χ1) is 12.7. The van der Waals surface area contributed by atoms with Crippen molar-refractivity contribution < 1.29 is 13.6 Å². The number of aromatic nitrogens is 3. The van der Waals surface area contributed by atoms with Crippen molar-refractivity contribution in [3.8, 4) is 22.9 Å². The van der Waals surface area contributed by atoms with Crippen LogP contribution in [0.25, 0.3) is 22.9 Å². The van der Waals surface area contributed by atoms with E-state index in [4.69, 9.17) is 20.4 Å². The average molecular weight is 404 g/mol. The van der Waals surface area contributed by atoms with Crippen LogP contribution in [-0.4, -0.2) is 26.7 Å². The number of carbonyl (C=O) groups is 1. The van der Waals surface area contributed by atoms with Crippen LogP contribution in [0.2, 0.25) is 4.34 Å². The Morgan fingerprint density at radius 3 is 2.38 bits per heavy atom. The second kappa shape index (κ2) is 7.45. The quantitative estimate of drug-likeness (QED) is 0.328. The van der Waals surface area contributed by atoms with E-state index < -0.39 is 0 Å². The average Bonchev–Trinajstić information content (AvgIpc) is 3.40. The molecule has 0 aliphatic carbocycles. The van der Waals surface area contributed by atoms with E-state index in [-0.39, 0.29) is 11.5 Å². The van der Waals surface area contributed by atoms with Gasteiger partial charge in [0.25, 0.3) is 0 Å². The molecule has 0 aromatic carbocycles. The van der Waals surface area contributed by atoms with Gasteiger partial charge in [0.15, 0.2) is 23.0 Å². The third-order valence-corrected chi connectivity index (χ3v) is 5.47. The number of Topliss-reactive ketones (excluding diaryl/α,β-unsaturated/α-hetero) is 1. The van der Waals surface area contributed by atoms with Crippen LogP contribution in [-0.2, 0) is 0 Å². The number of thiophene rings is 1. The van der Waals surface area contributed by atoms with Crippen LogP contribution in [0.3, 0.4) is 0 Å². The molecule has 0 atom stereocenters. The van der Waals surface area contributed by atoms with Gasteiger partial charge in [-0.2, -0.15) is 0 Å². The van der Waals surface area contributed by atoms with Gasteiger partial charge < -0.3 is 8.83 Å². The smallest absolute Gasteiger partial charge is 0.210 e. The van der Waals surface area contributed by atoms with E-state index in [1.165, 1.54) is 23.1 Å². The van der Waals surface area contributed by atoms with E-state index in [1.54, 1.807) is 48.9 Å². The van der Waals surface area contributed by atoms with Crippen molar-refractivity contribution in [1.29, 1.82) is 0 Å². The molecule has 0 fully saturated rings. The summed E-state index contributed by atoms with van der Waals surface area (Å²) in [5.74, 6) is 1.24. The third kappa shape index (κ3) is 3.57. The summed E-state index contributed by atoms with van der Waals surface area (Å²) in [5, 5.41) is 8.69. The first-order valence-electron chi connectivity index (χ1n) is 7.44. The monoisotopic (exact) mass is 403 g/mol. The van der Waals surface area contributed by atoms with E-state index in [2.05, 4.69) is 15.2 Å². The molecule has 0 bridgehead atoms. The summed E-state index contributed by atoms with van der Waals surface area (Å²) >= 11 is 8.33. The van der Waals surface area contributed by atoms with E-state index in [1.807, 2.05) is 0 Å². The van der Waals surface area contributed by atoms with Crippen molar-refractivity contribution in [2.45, 2.75) is 5.16 Å². The molecule has 0 aliphatic rings. The standard InChI is InChI=1S/C17H10ClN3O3S2/c18-14-6-5-13(26-14)10(22)9-25-17-19-15(11-3-1-7-23-11)16(20-21-17)12-4-2-8-24-12/h1-8H,9H2. The lowest BCUT2D eigenvalue weighted by atomic mass is 10.2. The zero-order valence-corrected chi connectivity index (χ0v) is 15.5. The molecule has 0 saturated carbocycles. The zero-order valence-electron chi connectivity index (χ0n) is 13.1. The highest BCUT2D eigenvalue weighted by atomic mass is 35.5. The van der Waals surface area contributed by atoms with Crippen LogP contribution in [0.5, 0.6) is 0 Å². The first-order valence-corrected chi connectivity index (χ1v) is 9.62. The predicted molar refractivity (Wildman–Crippen MR) is 99.6 cm³/mol. The Hall–Kier alpha value is -2.42. The van der Waals surface area contributed by atoms with Crippen molar-refractivity contribution in [3.05, 3.63) is 58.1 Å². The maximum atomic E-state index is 12.2. The molecule has 0 aliphatic heterocycles. The molecular formula is C17H10ClN3O3S2. The van der Waals surface area contributed by atoms with Gasteiger partial charge in [0, 0.05) is 0 Å². The summed E-state index contributed by atoms with van der Waals surface area (Å²) in [6.45, 7) is 0. The fraction of sp³-hybridized carbons (Fsp3) is 0.0588. The minimum atomic E-state index is -0.0369. The number of furan rings is 2. The van der Waals surface area contributed by atoms with Gasteiger partial charge in [-0.15, -0.1) is 21.5 Å². The number of nitrogens with zero attached hydrogens (tertiary/aromatic N) is 3. The normalized spacial score (nSPS) is 11.0. The fourth-order valence-electron chi connectivity index (χ4n) is 2.20. The molecule has 4 aromatic heterocycles. The summed E-state index contributed by atoms with van der Waals surface area (Å²) in [6, 6.07) is 10.5. The largest absolute Gasteiger partial charge is 0.463 e. The zero-order chi connectivity index (χ0) is 17.9. The Bertz CT molecular complexity index is 1030. The van der Waals surface area contributed by atoms with Crippen LogP contribution in [0.4, 0.5) is 0 Å². The number of hydrogen-bond donors (Lipinski definition) is 0. The second-order valence-corrected chi connectivity index (χ2v) is 7.72. The van der Waals surface area contributed by atoms with Gasteiger partial charge in [-0.3, -0.25) is 4.79 Å². The SMILES string of the molecule is O=C(CSc1nnc(-c2ccco2)c(-c2ccco2)n1)c1ccc(Cl)s1. The molecule has 0 saturated heterocycles. The lowest BCUT2D eigenvalue weighted by molar-refractivity contribution is 0.102. The van der Waals surface area contributed by atoms with Gasteiger partial charge in [0.1, 0.15) is 5.69 Å². The van der Waals surface area contributed by atoms with Gasteiger partial charge in [0.05, 0.1) is 27.5 Å². The highest BCUT2D eigenvalue weighted by molar-refractivity contribution is 7.99. The molecule has 0 radical (unpaired) electrons. The van der Waals surface area contributed by atoms with E-state index in [0.717, 1.165) is 0 Å². The van der Waals surface area contributed by atoms with E-state index in [0.29, 0.717) is 37.3 Å². The Labute approximate surface area is 161 Å². The van der Waals surface area contributed by atoms with Crippen LogP contribution in [0.15, 0.2) is 62.9 Å². The number of ketones is 1. The second-order valence-electron chi connectivity index (χ2n) is 5.06. The summed E-state index contributed by atoms with van der Waals surface area (Å²) in [7, 11) is 0. The van der Waals surface area contributed by atoms with E-state index in [9.17, 15) is 4.79 Å². The molecule has 4 heterocycles. The summed E-state index contributed by atoms with van der Waals surface area (Å²) in [6.07, 6.45) is 3.11. The Morgan fingerprint density at radius 1 is 1.04 bits per heavy atom. The van der Waals surface area contributed by atoms with Gasteiger partial charge in [-0.05, 0) is 36.4 Å². The lowest BCUT2D eigenvalue weighted by Crippen LogP contribution is -2.03. The van der Waals surface area contributed by atoms with Crippen molar-refractivity contribution >= 4 is 40.5 Å². The minimum absolute atomic E-state index is 0.0369. The number of halogens is 1. The molecule has 4 aromatic rings. The number of hydrogen-bond acceptors (Lipinski definition) is 8. The van der Waals surface area contributed by atoms with Crippen LogP contribution in [0, 0.1) is 0 Å². The lowest BCUT2D eigenvalue weighted by Gasteiger charge is -2.05. The summed E-state index contributed by atoms with van der Waals surface area (Å²) in [4.78, 5) is 17.3. The third-order valence-electron chi connectivity index (χ3n) is 3.36. The molecule has 130 valence electrons. The maximum Gasteiger partial charge on any atom is 0.210 e. The Kier molecular flexibility index (Phi) is 4.87. The topological polar surface area (TPSA) is 82.0 Å². The van der Waals surface area contributed by atoms with Crippen molar-refractivity contribution in [1.82, 2.24) is 15.2 Å². The Balaban J connectivity index is 1.60. The minimum Gasteiger partial charge on any atom is -0.463 e. The first kappa shape index (κ1) is 17.0. The van der Waals surface area contributed by atoms with Crippen LogP contribution in [0.1, 0.15) is 9.67 Å². The molecular weight excluding hydrogens is 394 g/mol. The highest BCUT2D eigenvalue weighted by Crippen LogP contribution is 2.31. The fourth-order valence-corrected chi connectivity index (χ4v) is 3.94. The van der Waals surface area contributed by atoms with Crippen molar-refractivity contribution in [3.63, 3.8) is 0 Å². The predicted octanol–water partition coefficient (Wildman–Crippen LogP) is 5.08. The molecule has 0 unspecified atom stereocenters.